The lowest BCUT2D eigenvalue weighted by Gasteiger charge is -2.00. The summed E-state index contributed by atoms with van der Waals surface area (Å²) in [6.45, 7) is 2.72. The molecule has 0 aliphatic heterocycles. The Labute approximate surface area is 108 Å². The van der Waals surface area contributed by atoms with Gasteiger partial charge in [-0.1, -0.05) is 43.7 Å². The molecule has 0 radical (unpaired) electrons. The lowest BCUT2D eigenvalue weighted by atomic mass is 10.2. The van der Waals surface area contributed by atoms with Crippen LogP contribution in [0.15, 0.2) is 41.4 Å². The van der Waals surface area contributed by atoms with Crippen LogP contribution < -0.4 is 11.1 Å². The fraction of sp³-hybridized carbons (Fsp3) is 0.286. The molecule has 0 atom stereocenters. The minimum Gasteiger partial charge on any atom is -0.370 e. The van der Waals surface area contributed by atoms with E-state index in [1.807, 2.05) is 30.3 Å². The number of amides is 1. The van der Waals surface area contributed by atoms with Gasteiger partial charge in [0.05, 0.1) is 0 Å². The van der Waals surface area contributed by atoms with Gasteiger partial charge >= 0.3 is 0 Å². The Balaban J connectivity index is 2.42. The number of hydrogen-bond acceptors (Lipinski definition) is 2. The smallest absolute Gasteiger partial charge is 0.250 e. The summed E-state index contributed by atoms with van der Waals surface area (Å²) < 4.78 is 0. The molecule has 0 heterocycles. The molecule has 18 heavy (non-hydrogen) atoms. The van der Waals surface area contributed by atoms with Crippen LogP contribution in [0, 0.1) is 0 Å². The molecule has 96 valence electrons. The summed E-state index contributed by atoms with van der Waals surface area (Å²) in [7, 11) is 0. The fourth-order valence-electron chi connectivity index (χ4n) is 1.30. The monoisotopic (exact) mass is 245 g/mol. The highest BCUT2D eigenvalue weighted by molar-refractivity contribution is 6.03. The molecule has 3 N–H and O–H groups in total. The number of carbonyl (C=O) groups is 1. The average molecular weight is 245 g/mol. The van der Waals surface area contributed by atoms with Crippen LogP contribution >= 0.6 is 0 Å². The largest absolute Gasteiger partial charge is 0.370 e. The van der Waals surface area contributed by atoms with Crippen LogP contribution in [0.4, 0.5) is 0 Å². The summed E-state index contributed by atoms with van der Waals surface area (Å²) in [4.78, 5) is 15.5. The van der Waals surface area contributed by atoms with Crippen LogP contribution in [-0.4, -0.2) is 18.4 Å². The van der Waals surface area contributed by atoms with Crippen molar-refractivity contribution in [3.63, 3.8) is 0 Å². The summed E-state index contributed by atoms with van der Waals surface area (Å²) >= 11 is 0. The fourth-order valence-corrected chi connectivity index (χ4v) is 1.30. The van der Waals surface area contributed by atoms with Crippen molar-refractivity contribution >= 4 is 17.9 Å². The zero-order valence-electron chi connectivity index (χ0n) is 10.6. The van der Waals surface area contributed by atoms with Gasteiger partial charge in [0.15, 0.2) is 5.96 Å². The first kappa shape index (κ1) is 14.0. The van der Waals surface area contributed by atoms with Crippen LogP contribution in [0.1, 0.15) is 25.3 Å². The van der Waals surface area contributed by atoms with Gasteiger partial charge in [-0.3, -0.25) is 15.1 Å². The van der Waals surface area contributed by atoms with Gasteiger partial charge in [0.25, 0.3) is 5.91 Å². The van der Waals surface area contributed by atoms with Gasteiger partial charge in [0.1, 0.15) is 0 Å². The Hall–Kier alpha value is -2.10. The Morgan fingerprint density at radius 3 is 2.78 bits per heavy atom. The number of nitrogens with one attached hydrogen (secondary N) is 1. The van der Waals surface area contributed by atoms with E-state index in [-0.39, 0.29) is 11.9 Å². The second kappa shape index (κ2) is 8.06. The Morgan fingerprint density at radius 1 is 1.39 bits per heavy atom. The molecule has 4 nitrogen and oxygen atoms in total. The summed E-state index contributed by atoms with van der Waals surface area (Å²) in [5.74, 6) is -0.0947. The van der Waals surface area contributed by atoms with E-state index < -0.39 is 0 Å². The van der Waals surface area contributed by atoms with E-state index in [1.165, 1.54) is 6.08 Å². The first-order chi connectivity index (χ1) is 8.72. The summed E-state index contributed by atoms with van der Waals surface area (Å²) in [6, 6.07) is 9.59. The van der Waals surface area contributed by atoms with Gasteiger partial charge in [-0.15, -0.1) is 0 Å². The van der Waals surface area contributed by atoms with E-state index in [0.717, 1.165) is 18.4 Å². The maximum absolute atomic E-state index is 11.5. The Morgan fingerprint density at radius 2 is 2.11 bits per heavy atom. The second-order valence-electron chi connectivity index (χ2n) is 3.85. The molecule has 1 rings (SSSR count). The lowest BCUT2D eigenvalue weighted by molar-refractivity contribution is -0.115. The highest BCUT2D eigenvalue weighted by Crippen LogP contribution is 2.00. The van der Waals surface area contributed by atoms with E-state index in [4.69, 9.17) is 5.73 Å². The minimum atomic E-state index is -0.267. The average Bonchev–Trinajstić information content (AvgIpc) is 2.38. The molecule has 1 aromatic carbocycles. The number of hydrogen-bond donors (Lipinski definition) is 2. The number of guanidine groups is 1. The quantitative estimate of drug-likeness (QED) is 0.360. The summed E-state index contributed by atoms with van der Waals surface area (Å²) in [5.41, 5.74) is 6.54. The van der Waals surface area contributed by atoms with Crippen LogP contribution in [-0.2, 0) is 4.79 Å². The maximum atomic E-state index is 11.5. The van der Waals surface area contributed by atoms with Crippen molar-refractivity contribution in [2.45, 2.75) is 19.8 Å². The van der Waals surface area contributed by atoms with Crippen molar-refractivity contribution in [2.24, 2.45) is 10.7 Å². The van der Waals surface area contributed by atoms with Crippen LogP contribution in [0.3, 0.4) is 0 Å². The Kier molecular flexibility index (Phi) is 6.25. The molecular formula is C14H19N3O. The lowest BCUT2D eigenvalue weighted by Crippen LogP contribution is -2.35. The number of carbonyl (C=O) groups excluding carboxylic acids is 1. The standard InChI is InChI=1S/C14H19N3O/c1-2-3-11-16-14(15)17-13(18)10-9-12-7-5-4-6-8-12/h4-10H,2-3,11H2,1H3,(H3,15,16,17,18). The van der Waals surface area contributed by atoms with E-state index in [0.29, 0.717) is 6.54 Å². The highest BCUT2D eigenvalue weighted by atomic mass is 16.1. The van der Waals surface area contributed by atoms with Crippen molar-refractivity contribution in [3.8, 4) is 0 Å². The SMILES string of the molecule is CCCCN=C(N)NC(=O)C=Cc1ccccc1. The van der Waals surface area contributed by atoms with Crippen molar-refractivity contribution in [1.29, 1.82) is 0 Å². The number of nitrogens with two attached hydrogens (primary N) is 1. The first-order valence-corrected chi connectivity index (χ1v) is 6.06. The van der Waals surface area contributed by atoms with E-state index in [2.05, 4.69) is 17.2 Å². The molecule has 1 aromatic rings. The number of nitrogens with zero attached hydrogens (tertiary/aromatic N) is 1. The van der Waals surface area contributed by atoms with Crippen molar-refractivity contribution < 1.29 is 4.79 Å². The van der Waals surface area contributed by atoms with Gasteiger partial charge in [0, 0.05) is 12.6 Å². The molecule has 0 saturated carbocycles. The maximum Gasteiger partial charge on any atom is 0.250 e. The molecule has 0 aliphatic carbocycles. The molecule has 0 fully saturated rings. The molecule has 0 saturated heterocycles. The van der Waals surface area contributed by atoms with Gasteiger partial charge in [-0.25, -0.2) is 0 Å². The van der Waals surface area contributed by atoms with Gasteiger partial charge in [-0.2, -0.15) is 0 Å². The molecule has 0 aliphatic rings. The second-order valence-corrected chi connectivity index (χ2v) is 3.85. The number of benzene rings is 1. The summed E-state index contributed by atoms with van der Waals surface area (Å²) in [5, 5.41) is 2.51. The van der Waals surface area contributed by atoms with Crippen molar-refractivity contribution in [1.82, 2.24) is 5.32 Å². The third kappa shape index (κ3) is 5.84. The van der Waals surface area contributed by atoms with E-state index in [1.54, 1.807) is 6.08 Å². The van der Waals surface area contributed by atoms with Crippen molar-refractivity contribution in [3.05, 3.63) is 42.0 Å². The molecule has 1 amide bonds. The zero-order valence-corrected chi connectivity index (χ0v) is 10.6. The first-order valence-electron chi connectivity index (χ1n) is 6.06. The number of aliphatic imine (C=N–C) groups is 1. The van der Waals surface area contributed by atoms with Gasteiger partial charge in [-0.05, 0) is 18.1 Å². The van der Waals surface area contributed by atoms with Gasteiger partial charge < -0.3 is 5.73 Å². The molecule has 4 heteroatoms. The molecular weight excluding hydrogens is 226 g/mol. The third-order valence-corrected chi connectivity index (χ3v) is 2.27. The van der Waals surface area contributed by atoms with Crippen LogP contribution in [0.5, 0.6) is 0 Å². The highest BCUT2D eigenvalue weighted by Gasteiger charge is 1.97. The number of rotatable bonds is 5. The molecule has 0 spiro atoms. The van der Waals surface area contributed by atoms with Crippen molar-refractivity contribution in [2.75, 3.05) is 6.54 Å². The van der Waals surface area contributed by atoms with E-state index in [9.17, 15) is 4.79 Å². The normalized spacial score (nSPS) is 11.7. The topological polar surface area (TPSA) is 67.5 Å². The molecule has 0 unspecified atom stereocenters. The zero-order chi connectivity index (χ0) is 13.2. The summed E-state index contributed by atoms with van der Waals surface area (Å²) in [6.07, 6.45) is 5.20. The van der Waals surface area contributed by atoms with Gasteiger partial charge in [0.2, 0.25) is 0 Å². The van der Waals surface area contributed by atoms with E-state index >= 15 is 0 Å². The number of unbranched alkanes of at least 4 members (excludes halogenated alkanes) is 1. The van der Waals surface area contributed by atoms with Crippen LogP contribution in [0.2, 0.25) is 0 Å². The molecule has 0 aromatic heterocycles. The third-order valence-electron chi connectivity index (χ3n) is 2.27. The molecule has 0 bridgehead atoms. The van der Waals surface area contributed by atoms with Crippen LogP contribution in [0.25, 0.3) is 6.08 Å². The minimum absolute atomic E-state index is 0.172. The predicted octanol–water partition coefficient (Wildman–Crippen LogP) is 1.93. The Bertz CT molecular complexity index is 424. The predicted molar refractivity (Wildman–Crippen MR) is 75.0 cm³/mol.